The molecule has 0 saturated heterocycles. The molecule has 0 saturated carbocycles. The molecule has 0 aliphatic heterocycles. The van der Waals surface area contributed by atoms with Gasteiger partial charge in [0.2, 0.25) is 0 Å². The fourth-order valence-electron chi connectivity index (χ4n) is 1.90. The van der Waals surface area contributed by atoms with Crippen LogP contribution in [0.5, 0.6) is 0 Å². The van der Waals surface area contributed by atoms with E-state index in [1.807, 2.05) is 6.92 Å². The lowest BCUT2D eigenvalue weighted by atomic mass is 9.98. The van der Waals surface area contributed by atoms with Crippen LogP contribution in [-0.2, 0) is 6.42 Å². The number of thiazole rings is 1. The minimum atomic E-state index is 0.236. The summed E-state index contributed by atoms with van der Waals surface area (Å²) in [6.45, 7) is 4.80. The van der Waals surface area contributed by atoms with E-state index < -0.39 is 0 Å². The van der Waals surface area contributed by atoms with Crippen LogP contribution in [0, 0.1) is 6.92 Å². The number of nitrogens with zero attached hydrogens (tertiary/aromatic N) is 1. The van der Waals surface area contributed by atoms with E-state index in [2.05, 4.69) is 41.6 Å². The number of hydrogen-bond acceptors (Lipinski definition) is 3. The Labute approximate surface area is 107 Å². The summed E-state index contributed by atoms with van der Waals surface area (Å²) >= 11 is 1.70. The van der Waals surface area contributed by atoms with Crippen LogP contribution in [0.3, 0.4) is 0 Å². The van der Waals surface area contributed by atoms with E-state index in [1.54, 1.807) is 11.3 Å². The molecule has 0 bridgehead atoms. The maximum Gasteiger partial charge on any atom is 0.102 e. The smallest absolute Gasteiger partial charge is 0.102 e. The maximum absolute atomic E-state index is 5.88. The highest BCUT2D eigenvalue weighted by Crippen LogP contribution is 2.26. The van der Waals surface area contributed by atoms with Gasteiger partial charge in [0.1, 0.15) is 5.01 Å². The molecule has 2 nitrogen and oxygen atoms in total. The van der Waals surface area contributed by atoms with Gasteiger partial charge < -0.3 is 5.73 Å². The molecule has 1 heterocycles. The zero-order valence-electron chi connectivity index (χ0n) is 10.3. The van der Waals surface area contributed by atoms with Gasteiger partial charge in [0.15, 0.2) is 0 Å². The number of nitrogens with two attached hydrogens (primary N) is 1. The quantitative estimate of drug-likeness (QED) is 0.900. The van der Waals surface area contributed by atoms with Crippen molar-refractivity contribution in [2.75, 3.05) is 6.54 Å². The number of rotatable bonds is 4. The predicted octanol–water partition coefficient (Wildman–Crippen LogP) is 3.10. The second-order valence-electron chi connectivity index (χ2n) is 4.21. The molecule has 17 heavy (non-hydrogen) atoms. The molecule has 0 aliphatic rings. The van der Waals surface area contributed by atoms with Crippen LogP contribution in [0.25, 0.3) is 0 Å². The third-order valence-corrected chi connectivity index (χ3v) is 4.04. The van der Waals surface area contributed by atoms with Gasteiger partial charge in [-0.3, -0.25) is 0 Å². The second-order valence-corrected chi connectivity index (χ2v) is 5.10. The van der Waals surface area contributed by atoms with Gasteiger partial charge in [-0.15, -0.1) is 11.3 Å². The van der Waals surface area contributed by atoms with Crippen molar-refractivity contribution in [3.8, 4) is 0 Å². The Morgan fingerprint density at radius 1 is 1.29 bits per heavy atom. The fraction of sp³-hybridized carbons (Fsp3) is 0.357. The van der Waals surface area contributed by atoms with Crippen LogP contribution < -0.4 is 5.73 Å². The molecule has 1 aromatic heterocycles. The Bertz CT molecular complexity index is 473. The van der Waals surface area contributed by atoms with E-state index in [4.69, 9.17) is 5.73 Å². The van der Waals surface area contributed by atoms with Gasteiger partial charge >= 0.3 is 0 Å². The van der Waals surface area contributed by atoms with Crippen molar-refractivity contribution in [3.05, 3.63) is 51.5 Å². The molecule has 1 atom stereocenters. The maximum atomic E-state index is 5.88. The van der Waals surface area contributed by atoms with Crippen molar-refractivity contribution in [2.45, 2.75) is 26.2 Å². The highest BCUT2D eigenvalue weighted by Gasteiger charge is 2.15. The van der Waals surface area contributed by atoms with E-state index >= 15 is 0 Å². The first kappa shape index (κ1) is 12.3. The average molecular weight is 246 g/mol. The molecular weight excluding hydrogens is 228 g/mol. The summed E-state index contributed by atoms with van der Waals surface area (Å²) in [5.74, 6) is 0.236. The van der Waals surface area contributed by atoms with Crippen LogP contribution in [0.4, 0.5) is 0 Å². The Balaban J connectivity index is 2.28. The molecule has 0 amide bonds. The summed E-state index contributed by atoms with van der Waals surface area (Å²) in [7, 11) is 0. The second kappa shape index (κ2) is 5.43. The normalized spacial score (nSPS) is 12.6. The Kier molecular flexibility index (Phi) is 3.92. The Morgan fingerprint density at radius 3 is 2.47 bits per heavy atom. The highest BCUT2D eigenvalue weighted by molar-refractivity contribution is 7.09. The summed E-state index contributed by atoms with van der Waals surface area (Å²) in [5.41, 5.74) is 9.58. The molecule has 0 radical (unpaired) electrons. The molecule has 0 spiro atoms. The Hall–Kier alpha value is -1.19. The number of hydrogen-bond donors (Lipinski definition) is 1. The van der Waals surface area contributed by atoms with Crippen LogP contribution in [-0.4, -0.2) is 11.5 Å². The zero-order chi connectivity index (χ0) is 12.3. The first-order valence-corrected chi connectivity index (χ1v) is 6.83. The monoisotopic (exact) mass is 246 g/mol. The summed E-state index contributed by atoms with van der Waals surface area (Å²) in [6, 6.07) is 8.71. The standard InChI is InChI=1S/C14H18N2S/c1-3-11-4-6-12(7-5-11)13(8-15)14-16-10(2)9-17-14/h4-7,9,13H,3,8,15H2,1-2H3. The number of aromatic nitrogens is 1. The summed E-state index contributed by atoms with van der Waals surface area (Å²) in [6.07, 6.45) is 1.07. The first-order valence-electron chi connectivity index (χ1n) is 5.95. The minimum Gasteiger partial charge on any atom is -0.329 e. The van der Waals surface area contributed by atoms with E-state index in [0.717, 1.165) is 17.1 Å². The van der Waals surface area contributed by atoms with Gasteiger partial charge in [-0.2, -0.15) is 0 Å². The Morgan fingerprint density at radius 2 is 2.00 bits per heavy atom. The topological polar surface area (TPSA) is 38.9 Å². The van der Waals surface area contributed by atoms with Crippen LogP contribution in [0.15, 0.2) is 29.6 Å². The lowest BCUT2D eigenvalue weighted by Crippen LogP contribution is -2.13. The number of aryl methyl sites for hydroxylation is 2. The van der Waals surface area contributed by atoms with Crippen molar-refractivity contribution < 1.29 is 0 Å². The van der Waals surface area contributed by atoms with E-state index in [0.29, 0.717) is 6.54 Å². The molecule has 2 aromatic rings. The van der Waals surface area contributed by atoms with Crippen molar-refractivity contribution in [3.63, 3.8) is 0 Å². The van der Waals surface area contributed by atoms with Crippen molar-refractivity contribution in [1.29, 1.82) is 0 Å². The van der Waals surface area contributed by atoms with Gasteiger partial charge in [-0.25, -0.2) is 4.98 Å². The average Bonchev–Trinajstić information content (AvgIpc) is 2.78. The van der Waals surface area contributed by atoms with Gasteiger partial charge in [0, 0.05) is 23.5 Å². The van der Waals surface area contributed by atoms with Gasteiger partial charge in [0.25, 0.3) is 0 Å². The van der Waals surface area contributed by atoms with Crippen molar-refractivity contribution in [1.82, 2.24) is 4.98 Å². The first-order chi connectivity index (χ1) is 8.24. The molecule has 0 fully saturated rings. The SMILES string of the molecule is CCc1ccc(C(CN)c2nc(C)cs2)cc1. The molecule has 1 unspecified atom stereocenters. The predicted molar refractivity (Wildman–Crippen MR) is 73.6 cm³/mol. The van der Waals surface area contributed by atoms with Crippen LogP contribution in [0.1, 0.15) is 34.7 Å². The summed E-state index contributed by atoms with van der Waals surface area (Å²) < 4.78 is 0. The van der Waals surface area contributed by atoms with Crippen molar-refractivity contribution in [2.24, 2.45) is 5.73 Å². The fourth-order valence-corrected chi connectivity index (χ4v) is 2.83. The largest absolute Gasteiger partial charge is 0.329 e. The molecule has 90 valence electrons. The third kappa shape index (κ3) is 2.73. The number of benzene rings is 1. The van der Waals surface area contributed by atoms with Gasteiger partial charge in [0.05, 0.1) is 0 Å². The van der Waals surface area contributed by atoms with E-state index in [-0.39, 0.29) is 5.92 Å². The molecule has 0 aliphatic carbocycles. The molecule has 2 rings (SSSR count). The van der Waals surface area contributed by atoms with Gasteiger partial charge in [-0.05, 0) is 24.5 Å². The zero-order valence-corrected chi connectivity index (χ0v) is 11.1. The lowest BCUT2D eigenvalue weighted by Gasteiger charge is -2.12. The third-order valence-electron chi connectivity index (χ3n) is 2.96. The van der Waals surface area contributed by atoms with Crippen LogP contribution >= 0.6 is 11.3 Å². The van der Waals surface area contributed by atoms with Crippen LogP contribution in [0.2, 0.25) is 0 Å². The van der Waals surface area contributed by atoms with Crippen molar-refractivity contribution >= 4 is 11.3 Å². The lowest BCUT2D eigenvalue weighted by molar-refractivity contribution is 0.805. The van der Waals surface area contributed by atoms with Gasteiger partial charge in [-0.1, -0.05) is 31.2 Å². The highest BCUT2D eigenvalue weighted by atomic mass is 32.1. The molecule has 1 aromatic carbocycles. The van der Waals surface area contributed by atoms with E-state index in [9.17, 15) is 0 Å². The molecular formula is C14H18N2S. The van der Waals surface area contributed by atoms with E-state index in [1.165, 1.54) is 11.1 Å². The minimum absolute atomic E-state index is 0.236. The summed E-state index contributed by atoms with van der Waals surface area (Å²) in [4.78, 5) is 4.54. The summed E-state index contributed by atoms with van der Waals surface area (Å²) in [5, 5.41) is 3.20. The molecule has 2 N–H and O–H groups in total. The molecule has 3 heteroatoms.